The Morgan fingerprint density at radius 2 is 1.62 bits per heavy atom. The lowest BCUT2D eigenvalue weighted by Gasteiger charge is -2.38. The van der Waals surface area contributed by atoms with Gasteiger partial charge in [0.2, 0.25) is 5.96 Å². The minimum absolute atomic E-state index is 0.0606. The second-order valence-corrected chi connectivity index (χ2v) is 11.5. The number of piperidine rings is 1. The van der Waals surface area contributed by atoms with E-state index >= 15 is 0 Å². The number of anilines is 1. The van der Waals surface area contributed by atoms with Crippen molar-refractivity contribution in [3.63, 3.8) is 0 Å². The van der Waals surface area contributed by atoms with Crippen molar-refractivity contribution < 1.29 is 13.2 Å². The van der Waals surface area contributed by atoms with Crippen LogP contribution in [0.1, 0.15) is 41.6 Å². The average Bonchev–Trinajstić information content (AvgIpc) is 3.45. The van der Waals surface area contributed by atoms with Crippen molar-refractivity contribution in [2.45, 2.75) is 43.5 Å². The van der Waals surface area contributed by atoms with E-state index in [2.05, 4.69) is 10.6 Å². The largest absolute Gasteiger partial charge is 0.342 e. The number of benzene rings is 3. The zero-order chi connectivity index (χ0) is 26.0. The van der Waals surface area contributed by atoms with Crippen molar-refractivity contribution in [3.8, 4) is 0 Å². The number of nitrogens with zero attached hydrogens (tertiary/aromatic N) is 2. The lowest BCUT2D eigenvalue weighted by molar-refractivity contribution is 0.102. The highest BCUT2D eigenvalue weighted by Crippen LogP contribution is 2.34. The zero-order valence-corrected chi connectivity index (χ0v) is 21.9. The molecule has 2 saturated heterocycles. The molecule has 0 aliphatic carbocycles. The van der Waals surface area contributed by atoms with Crippen molar-refractivity contribution in [2.24, 2.45) is 0 Å². The summed E-state index contributed by atoms with van der Waals surface area (Å²) in [5, 5.41) is 16.4. The van der Waals surface area contributed by atoms with E-state index in [1.807, 2.05) is 42.2 Å². The van der Waals surface area contributed by atoms with Gasteiger partial charge in [0.15, 0.2) is 0 Å². The fourth-order valence-electron chi connectivity index (χ4n) is 5.32. The van der Waals surface area contributed by atoms with Crippen molar-refractivity contribution in [3.05, 3.63) is 71.8 Å². The molecule has 0 radical (unpaired) electrons. The topological polar surface area (TPSA) is 106 Å². The van der Waals surface area contributed by atoms with E-state index in [0.717, 1.165) is 18.4 Å². The number of nitrogens with one attached hydrogen (secondary N) is 3. The Hall–Kier alpha value is -3.43. The summed E-state index contributed by atoms with van der Waals surface area (Å²) in [5.74, 6) is -0.184. The SMILES string of the molecule is Cc1ccccc1C(=O)Nc1ccc(S(=O)(=O)N(C(=N)N2CCCC2)C2CCNCC2)c2ccccc12. The molecule has 0 spiro atoms. The van der Waals surface area contributed by atoms with Crippen molar-refractivity contribution >= 4 is 38.3 Å². The lowest BCUT2D eigenvalue weighted by atomic mass is 10.1. The van der Waals surface area contributed by atoms with E-state index in [9.17, 15) is 13.2 Å². The fraction of sp³-hybridized carbons (Fsp3) is 0.357. The molecular formula is C28H33N5O3S. The zero-order valence-electron chi connectivity index (χ0n) is 21.0. The maximum atomic E-state index is 14.3. The minimum atomic E-state index is -4.04. The van der Waals surface area contributed by atoms with E-state index < -0.39 is 10.0 Å². The predicted octanol–water partition coefficient (Wildman–Crippen LogP) is 4.17. The van der Waals surface area contributed by atoms with Gasteiger partial charge in [0.1, 0.15) is 0 Å². The van der Waals surface area contributed by atoms with Crippen molar-refractivity contribution in [2.75, 3.05) is 31.5 Å². The normalized spacial score (nSPS) is 16.6. The fourth-order valence-corrected chi connectivity index (χ4v) is 7.18. The highest BCUT2D eigenvalue weighted by molar-refractivity contribution is 7.90. The first-order valence-electron chi connectivity index (χ1n) is 12.9. The van der Waals surface area contributed by atoms with E-state index in [0.29, 0.717) is 61.0 Å². The van der Waals surface area contributed by atoms with Crippen LogP contribution in [0.5, 0.6) is 0 Å². The van der Waals surface area contributed by atoms with Crippen LogP contribution in [0.2, 0.25) is 0 Å². The second-order valence-electron chi connectivity index (χ2n) is 9.73. The van der Waals surface area contributed by atoms with E-state index in [1.54, 1.807) is 30.3 Å². The summed E-state index contributed by atoms with van der Waals surface area (Å²) in [4.78, 5) is 15.1. The van der Waals surface area contributed by atoms with E-state index in [-0.39, 0.29) is 22.8 Å². The van der Waals surface area contributed by atoms with Crippen molar-refractivity contribution in [1.82, 2.24) is 14.5 Å². The number of rotatable bonds is 5. The third kappa shape index (κ3) is 4.93. The first kappa shape index (κ1) is 25.2. The summed E-state index contributed by atoms with van der Waals surface area (Å²) in [7, 11) is -4.04. The molecule has 37 heavy (non-hydrogen) atoms. The highest BCUT2D eigenvalue weighted by Gasteiger charge is 2.38. The molecule has 9 heteroatoms. The average molecular weight is 520 g/mol. The first-order valence-corrected chi connectivity index (χ1v) is 14.3. The predicted molar refractivity (Wildman–Crippen MR) is 147 cm³/mol. The second kappa shape index (κ2) is 10.5. The molecule has 2 aliphatic rings. The first-order chi connectivity index (χ1) is 17.9. The van der Waals surface area contributed by atoms with Crippen LogP contribution in [0.15, 0.2) is 65.6 Å². The Labute approximate surface area is 218 Å². The highest BCUT2D eigenvalue weighted by atomic mass is 32.2. The molecule has 2 fully saturated rings. The van der Waals surface area contributed by atoms with Crippen LogP contribution < -0.4 is 10.6 Å². The molecule has 3 aromatic rings. The van der Waals surface area contributed by atoms with Crippen LogP contribution in [0, 0.1) is 12.3 Å². The number of amides is 1. The van der Waals surface area contributed by atoms with E-state index in [4.69, 9.17) is 5.41 Å². The van der Waals surface area contributed by atoms with Crippen LogP contribution in [-0.2, 0) is 10.0 Å². The summed E-state index contributed by atoms with van der Waals surface area (Å²) < 4.78 is 29.9. The molecular weight excluding hydrogens is 486 g/mol. The van der Waals surface area contributed by atoms with Gasteiger partial charge in [-0.3, -0.25) is 10.2 Å². The number of carbonyl (C=O) groups excluding carboxylic acids is 1. The van der Waals surface area contributed by atoms with Gasteiger partial charge in [-0.05, 0) is 69.5 Å². The Morgan fingerprint density at radius 1 is 0.973 bits per heavy atom. The van der Waals surface area contributed by atoms with Crippen LogP contribution in [0.3, 0.4) is 0 Å². The molecule has 0 atom stereocenters. The Bertz CT molecular complexity index is 1430. The van der Waals surface area contributed by atoms with Crippen molar-refractivity contribution in [1.29, 1.82) is 5.41 Å². The molecule has 3 aromatic carbocycles. The smallest absolute Gasteiger partial charge is 0.267 e. The third-order valence-electron chi connectivity index (χ3n) is 7.31. The number of sulfonamides is 1. The summed E-state index contributed by atoms with van der Waals surface area (Å²) in [6.07, 6.45) is 3.22. The minimum Gasteiger partial charge on any atom is -0.342 e. The number of guanidine groups is 1. The molecule has 194 valence electrons. The van der Waals surface area contributed by atoms with E-state index in [1.165, 1.54) is 4.31 Å². The monoisotopic (exact) mass is 519 g/mol. The maximum Gasteiger partial charge on any atom is 0.267 e. The standard InChI is InChI=1S/C28H33N5O3S/c1-20-8-2-3-9-22(20)27(34)31-25-12-13-26(24-11-5-4-10-23(24)25)37(35,36)33(21-14-16-30-17-15-21)28(29)32-18-6-7-19-32/h2-5,8-13,21,29-30H,6-7,14-19H2,1H3,(H,31,34). The van der Waals surface area contributed by atoms with Gasteiger partial charge in [0.25, 0.3) is 15.9 Å². The van der Waals surface area contributed by atoms with Gasteiger partial charge in [-0.1, -0.05) is 42.5 Å². The molecule has 3 N–H and O–H groups in total. The summed E-state index contributed by atoms with van der Waals surface area (Å²) in [6, 6.07) is 17.5. The van der Waals surface area contributed by atoms with Gasteiger partial charge in [0.05, 0.1) is 10.9 Å². The number of aryl methyl sites for hydroxylation is 1. The number of likely N-dealkylation sites (tertiary alicyclic amines) is 1. The molecule has 5 rings (SSSR count). The molecule has 2 aliphatic heterocycles. The third-order valence-corrected chi connectivity index (χ3v) is 9.21. The molecule has 8 nitrogen and oxygen atoms in total. The Balaban J connectivity index is 1.55. The number of hydrogen-bond acceptors (Lipinski definition) is 5. The van der Waals surface area contributed by atoms with Gasteiger partial charge in [-0.25, -0.2) is 12.7 Å². The van der Waals surface area contributed by atoms with Crippen LogP contribution in [0.25, 0.3) is 10.8 Å². The van der Waals surface area contributed by atoms with Gasteiger partial charge < -0.3 is 15.5 Å². The molecule has 0 unspecified atom stereocenters. The number of fused-ring (bicyclic) bond motifs is 1. The molecule has 0 aromatic heterocycles. The molecule has 1 amide bonds. The van der Waals surface area contributed by atoms with Gasteiger partial charge in [-0.15, -0.1) is 0 Å². The lowest BCUT2D eigenvalue weighted by Crippen LogP contribution is -2.53. The molecule has 0 saturated carbocycles. The Morgan fingerprint density at radius 3 is 2.32 bits per heavy atom. The summed E-state index contributed by atoms with van der Waals surface area (Å²) >= 11 is 0. The number of hydrogen-bond donors (Lipinski definition) is 3. The molecule has 2 heterocycles. The van der Waals surface area contributed by atoms with Gasteiger partial charge >= 0.3 is 0 Å². The van der Waals surface area contributed by atoms with Crippen LogP contribution >= 0.6 is 0 Å². The number of carbonyl (C=O) groups is 1. The maximum absolute atomic E-state index is 14.3. The summed E-state index contributed by atoms with van der Waals surface area (Å²) in [6.45, 7) is 4.71. The quantitative estimate of drug-likeness (QED) is 0.347. The van der Waals surface area contributed by atoms with Crippen LogP contribution in [0.4, 0.5) is 5.69 Å². The van der Waals surface area contributed by atoms with Gasteiger partial charge in [0, 0.05) is 35.1 Å². The Kier molecular flexibility index (Phi) is 7.17. The van der Waals surface area contributed by atoms with Gasteiger partial charge in [-0.2, -0.15) is 0 Å². The molecule has 0 bridgehead atoms. The van der Waals surface area contributed by atoms with Crippen LogP contribution in [-0.4, -0.2) is 61.7 Å². The summed E-state index contributed by atoms with van der Waals surface area (Å²) in [5.41, 5.74) is 1.98.